The van der Waals surface area contributed by atoms with Crippen molar-refractivity contribution in [3.05, 3.63) is 48.6 Å². The number of rotatable bonds is 4. The first kappa shape index (κ1) is 11.9. The van der Waals surface area contributed by atoms with Crippen LogP contribution in [-0.4, -0.2) is 29.4 Å². The molecule has 0 radical (unpaired) electrons. The van der Waals surface area contributed by atoms with Gasteiger partial charge in [-0.05, 0) is 6.08 Å². The van der Waals surface area contributed by atoms with Gasteiger partial charge in [-0.25, -0.2) is 4.99 Å². The molecule has 0 unspecified atom stereocenters. The van der Waals surface area contributed by atoms with E-state index in [1.807, 2.05) is 30.3 Å². The van der Waals surface area contributed by atoms with Crippen molar-refractivity contribution in [2.24, 2.45) is 4.99 Å². The Balaban J connectivity index is 1.84. The van der Waals surface area contributed by atoms with E-state index >= 15 is 0 Å². The number of ether oxygens (including phenoxy) is 1. The summed E-state index contributed by atoms with van der Waals surface area (Å²) >= 11 is 1.34. The minimum atomic E-state index is -0.0377. The molecule has 1 aliphatic rings. The van der Waals surface area contributed by atoms with Gasteiger partial charge in [0.1, 0.15) is 6.10 Å². The van der Waals surface area contributed by atoms with E-state index in [0.717, 1.165) is 5.56 Å². The third kappa shape index (κ3) is 3.20. The summed E-state index contributed by atoms with van der Waals surface area (Å²) in [4.78, 5) is 16.0. The summed E-state index contributed by atoms with van der Waals surface area (Å²) in [7, 11) is 0. The first-order valence-corrected chi connectivity index (χ1v) is 6.33. The number of nitrogens with zero attached hydrogens (tertiary/aromatic N) is 1. The maximum atomic E-state index is 11.8. The van der Waals surface area contributed by atoms with Crippen molar-refractivity contribution < 1.29 is 9.53 Å². The number of hydrogen-bond donors (Lipinski definition) is 0. The molecule has 1 atom stereocenters. The number of carbonyl (C=O) groups excluding carboxylic acids is 1. The molecule has 0 saturated heterocycles. The molecule has 0 fully saturated rings. The second kappa shape index (κ2) is 5.68. The summed E-state index contributed by atoms with van der Waals surface area (Å²) < 4.78 is 5.44. The van der Waals surface area contributed by atoms with Crippen LogP contribution >= 0.6 is 11.8 Å². The Morgan fingerprint density at radius 2 is 2.29 bits per heavy atom. The summed E-state index contributed by atoms with van der Waals surface area (Å²) in [5.74, 6) is 0.441. The Bertz CT molecular complexity index is 442. The molecule has 17 heavy (non-hydrogen) atoms. The van der Waals surface area contributed by atoms with Crippen LogP contribution in [0.25, 0.3) is 0 Å². The van der Waals surface area contributed by atoms with Crippen LogP contribution in [-0.2, 0) is 4.74 Å². The van der Waals surface area contributed by atoms with E-state index in [9.17, 15) is 4.79 Å². The van der Waals surface area contributed by atoms with Crippen LogP contribution in [0.5, 0.6) is 0 Å². The average molecular weight is 247 g/mol. The lowest BCUT2D eigenvalue weighted by molar-refractivity contribution is 0.102. The van der Waals surface area contributed by atoms with E-state index in [0.29, 0.717) is 17.5 Å². The normalized spacial score (nSPS) is 18.4. The SMILES string of the molecule is C=C[C@@H]1CN=C(SCC(=O)c2ccccc2)O1. The fourth-order valence-corrected chi connectivity index (χ4v) is 2.18. The minimum Gasteiger partial charge on any atom is -0.464 e. The van der Waals surface area contributed by atoms with Gasteiger partial charge >= 0.3 is 0 Å². The Morgan fingerprint density at radius 3 is 2.94 bits per heavy atom. The molecule has 1 aromatic carbocycles. The number of aliphatic imine (C=N–C) groups is 1. The standard InChI is InChI=1S/C13H13NO2S/c1-2-11-8-14-13(16-11)17-9-12(15)10-6-4-3-5-7-10/h2-7,11H,1,8-9H2/t11-/m1/s1. The molecule has 0 spiro atoms. The van der Waals surface area contributed by atoms with Crippen LogP contribution in [0.4, 0.5) is 0 Å². The molecule has 0 aliphatic carbocycles. The maximum absolute atomic E-state index is 11.8. The highest BCUT2D eigenvalue weighted by atomic mass is 32.2. The second-order valence-corrected chi connectivity index (χ2v) is 4.50. The molecule has 1 aliphatic heterocycles. The molecule has 2 rings (SSSR count). The fourth-order valence-electron chi connectivity index (χ4n) is 1.41. The highest BCUT2D eigenvalue weighted by Gasteiger charge is 2.18. The lowest BCUT2D eigenvalue weighted by Crippen LogP contribution is -2.09. The van der Waals surface area contributed by atoms with Crippen LogP contribution in [0, 0.1) is 0 Å². The van der Waals surface area contributed by atoms with Crippen LogP contribution < -0.4 is 0 Å². The third-order valence-corrected chi connectivity index (χ3v) is 3.22. The van der Waals surface area contributed by atoms with E-state index in [1.165, 1.54) is 11.8 Å². The van der Waals surface area contributed by atoms with Gasteiger partial charge in [0.05, 0.1) is 12.3 Å². The molecule has 3 nitrogen and oxygen atoms in total. The molecule has 4 heteroatoms. The van der Waals surface area contributed by atoms with Gasteiger partial charge in [-0.1, -0.05) is 48.7 Å². The topological polar surface area (TPSA) is 38.7 Å². The Morgan fingerprint density at radius 1 is 1.53 bits per heavy atom. The average Bonchev–Trinajstić information content (AvgIpc) is 2.85. The first-order chi connectivity index (χ1) is 8.29. The van der Waals surface area contributed by atoms with Crippen LogP contribution in [0.2, 0.25) is 0 Å². The molecule has 0 amide bonds. The summed E-state index contributed by atoms with van der Waals surface area (Å²) in [5.41, 5.74) is 0.721. The lowest BCUT2D eigenvalue weighted by Gasteiger charge is -2.05. The van der Waals surface area contributed by atoms with E-state index in [1.54, 1.807) is 6.08 Å². The van der Waals surface area contributed by atoms with Crippen molar-refractivity contribution >= 4 is 22.8 Å². The largest absolute Gasteiger partial charge is 0.464 e. The quantitative estimate of drug-likeness (QED) is 0.606. The number of hydrogen-bond acceptors (Lipinski definition) is 4. The number of ketones is 1. The molecular weight excluding hydrogens is 234 g/mol. The number of carbonyl (C=O) groups is 1. The number of Topliss-reactive ketones (excluding diaryl/α,β-unsaturated/α-hetero) is 1. The Kier molecular flexibility index (Phi) is 3.98. The van der Waals surface area contributed by atoms with E-state index in [2.05, 4.69) is 11.6 Å². The van der Waals surface area contributed by atoms with Crippen molar-refractivity contribution in [1.82, 2.24) is 0 Å². The zero-order valence-corrected chi connectivity index (χ0v) is 10.2. The van der Waals surface area contributed by atoms with Gasteiger partial charge in [-0.15, -0.1) is 0 Å². The van der Waals surface area contributed by atoms with Gasteiger partial charge in [-0.2, -0.15) is 0 Å². The zero-order chi connectivity index (χ0) is 12.1. The van der Waals surface area contributed by atoms with Gasteiger partial charge in [0.15, 0.2) is 5.78 Å². The van der Waals surface area contributed by atoms with E-state index in [-0.39, 0.29) is 11.9 Å². The van der Waals surface area contributed by atoms with Gasteiger partial charge in [-0.3, -0.25) is 4.79 Å². The summed E-state index contributed by atoms with van der Waals surface area (Å²) in [6, 6.07) is 9.23. The summed E-state index contributed by atoms with van der Waals surface area (Å²) in [6.07, 6.45) is 1.68. The molecule has 0 aromatic heterocycles. The fraction of sp³-hybridized carbons (Fsp3) is 0.231. The molecule has 0 N–H and O–H groups in total. The molecule has 1 heterocycles. The minimum absolute atomic E-state index is 0.0377. The summed E-state index contributed by atoms with van der Waals surface area (Å²) in [5, 5.41) is 0.583. The molecule has 88 valence electrons. The first-order valence-electron chi connectivity index (χ1n) is 5.34. The van der Waals surface area contributed by atoms with Crippen molar-refractivity contribution in [2.45, 2.75) is 6.10 Å². The van der Waals surface area contributed by atoms with Crippen LogP contribution in [0.3, 0.4) is 0 Å². The lowest BCUT2D eigenvalue weighted by atomic mass is 10.2. The number of benzene rings is 1. The van der Waals surface area contributed by atoms with E-state index < -0.39 is 0 Å². The van der Waals surface area contributed by atoms with Crippen LogP contribution in [0.15, 0.2) is 48.0 Å². The monoisotopic (exact) mass is 247 g/mol. The van der Waals surface area contributed by atoms with Crippen molar-refractivity contribution in [3.63, 3.8) is 0 Å². The molecule has 0 saturated carbocycles. The molecular formula is C13H13NO2S. The maximum Gasteiger partial charge on any atom is 0.247 e. The predicted molar refractivity (Wildman–Crippen MR) is 70.6 cm³/mol. The van der Waals surface area contributed by atoms with Crippen molar-refractivity contribution in [2.75, 3.05) is 12.3 Å². The third-order valence-electron chi connectivity index (χ3n) is 2.34. The van der Waals surface area contributed by atoms with E-state index in [4.69, 9.17) is 4.74 Å². The Labute approximate surface area is 105 Å². The highest BCUT2D eigenvalue weighted by Crippen LogP contribution is 2.16. The predicted octanol–water partition coefficient (Wildman–Crippen LogP) is 2.54. The second-order valence-electron chi connectivity index (χ2n) is 3.58. The zero-order valence-electron chi connectivity index (χ0n) is 9.33. The van der Waals surface area contributed by atoms with Gasteiger partial charge in [0, 0.05) is 5.56 Å². The van der Waals surface area contributed by atoms with Gasteiger partial charge < -0.3 is 4.74 Å². The van der Waals surface area contributed by atoms with Crippen molar-refractivity contribution in [1.29, 1.82) is 0 Å². The smallest absolute Gasteiger partial charge is 0.247 e. The number of thioether (sulfide) groups is 1. The molecule has 0 bridgehead atoms. The summed E-state index contributed by atoms with van der Waals surface area (Å²) in [6.45, 7) is 4.25. The van der Waals surface area contributed by atoms with Crippen molar-refractivity contribution in [3.8, 4) is 0 Å². The van der Waals surface area contributed by atoms with Crippen LogP contribution in [0.1, 0.15) is 10.4 Å². The molecule has 1 aromatic rings. The highest BCUT2D eigenvalue weighted by molar-refractivity contribution is 8.14. The van der Waals surface area contributed by atoms with Gasteiger partial charge in [0.25, 0.3) is 0 Å². The Hall–Kier alpha value is -1.55. The van der Waals surface area contributed by atoms with Gasteiger partial charge in [0.2, 0.25) is 5.23 Å².